The fourth-order valence-corrected chi connectivity index (χ4v) is 2.09. The molecule has 0 saturated heterocycles. The maximum Gasteiger partial charge on any atom is 0.313 e. The van der Waals surface area contributed by atoms with Gasteiger partial charge in [-0.05, 0) is 32.6 Å². The number of hydrogen-bond donors (Lipinski definition) is 1. The second kappa shape index (κ2) is 6.36. The molecule has 3 atom stereocenters. The van der Waals surface area contributed by atoms with Crippen molar-refractivity contribution < 1.29 is 14.3 Å². The highest BCUT2D eigenvalue weighted by Gasteiger charge is 2.34. The van der Waals surface area contributed by atoms with E-state index in [1.807, 2.05) is 13.8 Å². The molecule has 1 saturated carbocycles. The highest BCUT2D eigenvalue weighted by Crippen LogP contribution is 2.27. The van der Waals surface area contributed by atoms with Crippen molar-refractivity contribution in [2.45, 2.75) is 58.2 Å². The molecule has 0 aromatic rings. The molecule has 100 valence electrons. The zero-order valence-electron chi connectivity index (χ0n) is 11.2. The SMILES string of the molecule is CCC(C)(CN)C(=O)OC1CCCC(OC)C1. The Morgan fingerprint density at radius 2 is 2.06 bits per heavy atom. The van der Waals surface area contributed by atoms with E-state index in [4.69, 9.17) is 15.2 Å². The van der Waals surface area contributed by atoms with Crippen LogP contribution in [0.5, 0.6) is 0 Å². The molecule has 0 heterocycles. The van der Waals surface area contributed by atoms with Crippen molar-refractivity contribution in [3.05, 3.63) is 0 Å². The van der Waals surface area contributed by atoms with Gasteiger partial charge >= 0.3 is 5.97 Å². The number of ether oxygens (including phenoxy) is 2. The van der Waals surface area contributed by atoms with Gasteiger partial charge in [0.1, 0.15) is 6.10 Å². The third kappa shape index (κ3) is 3.68. The molecule has 0 spiro atoms. The molecule has 1 fully saturated rings. The quantitative estimate of drug-likeness (QED) is 0.749. The summed E-state index contributed by atoms with van der Waals surface area (Å²) in [5.41, 5.74) is 5.11. The summed E-state index contributed by atoms with van der Waals surface area (Å²) in [4.78, 5) is 12.0. The summed E-state index contributed by atoms with van der Waals surface area (Å²) in [5.74, 6) is -0.163. The second-order valence-corrected chi connectivity index (χ2v) is 5.17. The maximum absolute atomic E-state index is 12.0. The normalized spacial score (nSPS) is 28.5. The first-order chi connectivity index (χ1) is 8.05. The van der Waals surface area contributed by atoms with E-state index in [2.05, 4.69) is 0 Å². The van der Waals surface area contributed by atoms with Gasteiger partial charge in [0, 0.05) is 20.1 Å². The molecule has 0 aromatic heterocycles. The highest BCUT2D eigenvalue weighted by atomic mass is 16.5. The smallest absolute Gasteiger partial charge is 0.313 e. The Morgan fingerprint density at radius 3 is 2.59 bits per heavy atom. The number of nitrogens with two attached hydrogens (primary N) is 1. The molecule has 17 heavy (non-hydrogen) atoms. The van der Waals surface area contributed by atoms with E-state index in [0.29, 0.717) is 13.0 Å². The Balaban J connectivity index is 2.50. The van der Waals surface area contributed by atoms with Gasteiger partial charge in [0.25, 0.3) is 0 Å². The van der Waals surface area contributed by atoms with Crippen LogP contribution in [0.25, 0.3) is 0 Å². The van der Waals surface area contributed by atoms with E-state index in [0.717, 1.165) is 25.7 Å². The first kappa shape index (κ1) is 14.5. The molecule has 0 amide bonds. The molecular formula is C13H25NO3. The van der Waals surface area contributed by atoms with Gasteiger partial charge in [-0.1, -0.05) is 6.92 Å². The molecule has 0 radical (unpaired) electrons. The number of hydrogen-bond acceptors (Lipinski definition) is 4. The van der Waals surface area contributed by atoms with Crippen LogP contribution in [-0.4, -0.2) is 31.8 Å². The van der Waals surface area contributed by atoms with Crippen molar-refractivity contribution in [2.24, 2.45) is 11.1 Å². The molecule has 2 N–H and O–H groups in total. The summed E-state index contributed by atoms with van der Waals surface area (Å²) >= 11 is 0. The van der Waals surface area contributed by atoms with E-state index in [1.54, 1.807) is 7.11 Å². The molecule has 4 heteroatoms. The van der Waals surface area contributed by atoms with Gasteiger partial charge in [-0.2, -0.15) is 0 Å². The molecule has 1 rings (SSSR count). The third-order valence-corrected chi connectivity index (χ3v) is 3.91. The molecule has 3 unspecified atom stereocenters. The van der Waals surface area contributed by atoms with Crippen LogP contribution in [0.1, 0.15) is 46.0 Å². The van der Waals surface area contributed by atoms with Gasteiger partial charge in [0.2, 0.25) is 0 Å². The summed E-state index contributed by atoms with van der Waals surface area (Å²) in [6.07, 6.45) is 4.81. The summed E-state index contributed by atoms with van der Waals surface area (Å²) in [5, 5.41) is 0. The van der Waals surface area contributed by atoms with Crippen LogP contribution in [0, 0.1) is 5.41 Å². The van der Waals surface area contributed by atoms with Gasteiger partial charge in [-0.3, -0.25) is 4.79 Å². The lowest BCUT2D eigenvalue weighted by atomic mass is 9.87. The maximum atomic E-state index is 12.0. The second-order valence-electron chi connectivity index (χ2n) is 5.17. The van der Waals surface area contributed by atoms with E-state index >= 15 is 0 Å². The fourth-order valence-electron chi connectivity index (χ4n) is 2.09. The zero-order chi connectivity index (χ0) is 12.9. The zero-order valence-corrected chi connectivity index (χ0v) is 11.2. The molecule has 0 bridgehead atoms. The van der Waals surface area contributed by atoms with Gasteiger partial charge in [-0.15, -0.1) is 0 Å². The van der Waals surface area contributed by atoms with Gasteiger partial charge in [-0.25, -0.2) is 0 Å². The van der Waals surface area contributed by atoms with Gasteiger partial charge in [0.05, 0.1) is 11.5 Å². The number of carbonyl (C=O) groups is 1. The Hall–Kier alpha value is -0.610. The minimum Gasteiger partial charge on any atom is -0.462 e. The van der Waals surface area contributed by atoms with Crippen molar-refractivity contribution >= 4 is 5.97 Å². The van der Waals surface area contributed by atoms with Crippen molar-refractivity contribution in [3.63, 3.8) is 0 Å². The van der Waals surface area contributed by atoms with Gasteiger partial charge < -0.3 is 15.2 Å². The van der Waals surface area contributed by atoms with E-state index in [9.17, 15) is 4.79 Å². The van der Waals surface area contributed by atoms with Crippen LogP contribution in [0.3, 0.4) is 0 Å². The van der Waals surface area contributed by atoms with E-state index < -0.39 is 5.41 Å². The first-order valence-electron chi connectivity index (χ1n) is 6.49. The lowest BCUT2D eigenvalue weighted by Gasteiger charge is -2.31. The van der Waals surface area contributed by atoms with Crippen LogP contribution in [0.2, 0.25) is 0 Å². The Kier molecular flexibility index (Phi) is 5.40. The van der Waals surface area contributed by atoms with Crippen molar-refractivity contribution in [1.29, 1.82) is 0 Å². The Labute approximate surface area is 104 Å². The standard InChI is InChI=1S/C13H25NO3/c1-4-13(2,9-14)12(15)17-11-7-5-6-10(8-11)16-3/h10-11H,4-9,14H2,1-3H3. The number of esters is 1. The number of carbonyl (C=O) groups excluding carboxylic acids is 1. The summed E-state index contributed by atoms with van der Waals surface area (Å²) in [6.45, 7) is 4.17. The summed E-state index contributed by atoms with van der Waals surface area (Å²) < 4.78 is 10.9. The third-order valence-electron chi connectivity index (χ3n) is 3.91. The predicted molar refractivity (Wildman–Crippen MR) is 66.6 cm³/mol. The Bertz CT molecular complexity index is 251. The minimum atomic E-state index is -0.542. The van der Waals surface area contributed by atoms with E-state index in [1.165, 1.54) is 0 Å². The number of methoxy groups -OCH3 is 1. The van der Waals surface area contributed by atoms with Crippen molar-refractivity contribution in [2.75, 3.05) is 13.7 Å². The fraction of sp³-hybridized carbons (Fsp3) is 0.923. The largest absolute Gasteiger partial charge is 0.462 e. The lowest BCUT2D eigenvalue weighted by molar-refractivity contribution is -0.163. The number of rotatable bonds is 5. The summed E-state index contributed by atoms with van der Waals surface area (Å²) in [6, 6.07) is 0. The minimum absolute atomic E-state index is 0.00127. The molecule has 0 aromatic carbocycles. The predicted octanol–water partition coefficient (Wildman–Crippen LogP) is 1.86. The average Bonchev–Trinajstić information content (AvgIpc) is 2.37. The molecular weight excluding hydrogens is 218 g/mol. The first-order valence-corrected chi connectivity index (χ1v) is 6.49. The molecule has 4 nitrogen and oxygen atoms in total. The van der Waals surface area contributed by atoms with Crippen LogP contribution in [-0.2, 0) is 14.3 Å². The lowest BCUT2D eigenvalue weighted by Crippen LogP contribution is -2.40. The monoisotopic (exact) mass is 243 g/mol. The highest BCUT2D eigenvalue weighted by molar-refractivity contribution is 5.76. The van der Waals surface area contributed by atoms with Crippen LogP contribution in [0.15, 0.2) is 0 Å². The van der Waals surface area contributed by atoms with Crippen molar-refractivity contribution in [3.8, 4) is 0 Å². The van der Waals surface area contributed by atoms with Crippen LogP contribution >= 0.6 is 0 Å². The Morgan fingerprint density at radius 1 is 1.41 bits per heavy atom. The molecule has 1 aliphatic carbocycles. The van der Waals surface area contributed by atoms with Crippen molar-refractivity contribution in [1.82, 2.24) is 0 Å². The van der Waals surface area contributed by atoms with Crippen LogP contribution < -0.4 is 5.73 Å². The summed E-state index contributed by atoms with van der Waals surface area (Å²) in [7, 11) is 1.71. The van der Waals surface area contributed by atoms with E-state index in [-0.39, 0.29) is 18.2 Å². The molecule has 0 aliphatic heterocycles. The molecule has 1 aliphatic rings. The van der Waals surface area contributed by atoms with Gasteiger partial charge in [0.15, 0.2) is 0 Å². The topological polar surface area (TPSA) is 61.6 Å². The average molecular weight is 243 g/mol. The van der Waals surface area contributed by atoms with Crippen LogP contribution in [0.4, 0.5) is 0 Å².